The number of nitrogens with zero attached hydrogens (tertiary/aromatic N) is 2. The molecule has 0 saturated heterocycles. The number of carbonyl (C=O) groups is 3. The van der Waals surface area contributed by atoms with Gasteiger partial charge in [-0.05, 0) is 27.2 Å². The van der Waals surface area contributed by atoms with E-state index in [-0.39, 0.29) is 17.4 Å². The lowest BCUT2D eigenvalue weighted by Crippen LogP contribution is -2.35. The Morgan fingerprint density at radius 1 is 1.32 bits per heavy atom. The predicted octanol–water partition coefficient (Wildman–Crippen LogP) is 2.65. The summed E-state index contributed by atoms with van der Waals surface area (Å²) in [5, 5.41) is 1.67. The number of thiazole rings is 1. The first kappa shape index (κ1) is 18.1. The Labute approximate surface area is 133 Å². The van der Waals surface area contributed by atoms with Crippen molar-refractivity contribution in [2.75, 3.05) is 18.6 Å². The van der Waals surface area contributed by atoms with Crippen LogP contribution in [0.2, 0.25) is 0 Å². The van der Waals surface area contributed by atoms with E-state index in [2.05, 4.69) is 9.72 Å². The molecular weight excluding hydrogens is 308 g/mol. The smallest absolute Gasteiger partial charge is 0.416 e. The minimum Gasteiger partial charge on any atom is -0.460 e. The third-order valence-corrected chi connectivity index (χ3v) is 3.88. The molecule has 0 unspecified atom stereocenters. The minimum absolute atomic E-state index is 0.0483. The summed E-state index contributed by atoms with van der Waals surface area (Å²) in [5.74, 6) is -1.79. The average Bonchev–Trinajstić information content (AvgIpc) is 2.95. The van der Waals surface area contributed by atoms with Gasteiger partial charge >= 0.3 is 12.1 Å². The zero-order valence-electron chi connectivity index (χ0n) is 13.3. The molecule has 0 N–H and O–H groups in total. The Bertz CT molecular complexity index is 567. The van der Waals surface area contributed by atoms with Crippen LogP contribution in [0.3, 0.4) is 0 Å². The van der Waals surface area contributed by atoms with Crippen LogP contribution in [0.1, 0.15) is 44.6 Å². The summed E-state index contributed by atoms with van der Waals surface area (Å²) in [7, 11) is 1.49. The molecule has 8 heteroatoms. The first-order chi connectivity index (χ1) is 10.2. The lowest BCUT2D eigenvalue weighted by molar-refractivity contribution is -0.137. The highest BCUT2D eigenvalue weighted by Gasteiger charge is 2.26. The van der Waals surface area contributed by atoms with Crippen LogP contribution in [0, 0.1) is 0 Å². The molecule has 0 aliphatic carbocycles. The molecule has 122 valence electrons. The van der Waals surface area contributed by atoms with Gasteiger partial charge in [0.05, 0.1) is 6.61 Å². The van der Waals surface area contributed by atoms with Gasteiger partial charge in [-0.25, -0.2) is 14.6 Å². The molecule has 7 nitrogen and oxygen atoms in total. The molecule has 0 spiro atoms. The van der Waals surface area contributed by atoms with Crippen LogP contribution in [0.25, 0.3) is 0 Å². The van der Waals surface area contributed by atoms with Gasteiger partial charge in [0, 0.05) is 12.4 Å². The lowest BCUT2D eigenvalue weighted by Gasteiger charge is -2.25. The minimum atomic E-state index is -0.961. The van der Waals surface area contributed by atoms with Gasteiger partial charge in [0.2, 0.25) is 0 Å². The van der Waals surface area contributed by atoms with Crippen LogP contribution in [-0.2, 0) is 14.3 Å². The average molecular weight is 328 g/mol. The fourth-order valence-corrected chi connectivity index (χ4v) is 2.04. The fourth-order valence-electron chi connectivity index (χ4n) is 1.28. The zero-order valence-corrected chi connectivity index (χ0v) is 14.2. The second-order valence-corrected chi connectivity index (χ2v) is 5.94. The Kier molecular flexibility index (Phi) is 6.04. The molecule has 1 aromatic heterocycles. The van der Waals surface area contributed by atoms with Crippen molar-refractivity contribution < 1.29 is 23.9 Å². The SMILES string of the molecule is CCOC(=O)C(=O)c1csc(N(C)C(=O)OC(C)(C)CC)n1. The maximum Gasteiger partial charge on any atom is 0.416 e. The maximum atomic E-state index is 12.0. The summed E-state index contributed by atoms with van der Waals surface area (Å²) < 4.78 is 9.96. The van der Waals surface area contributed by atoms with E-state index in [0.29, 0.717) is 6.42 Å². The summed E-state index contributed by atoms with van der Waals surface area (Å²) in [5.41, 5.74) is -0.639. The molecule has 0 saturated carbocycles. The molecule has 1 aromatic rings. The van der Waals surface area contributed by atoms with E-state index >= 15 is 0 Å². The Morgan fingerprint density at radius 2 is 1.95 bits per heavy atom. The number of Topliss-reactive ketones (excluding diaryl/α,β-unsaturated/α-hetero) is 1. The van der Waals surface area contributed by atoms with Crippen molar-refractivity contribution in [3.8, 4) is 0 Å². The van der Waals surface area contributed by atoms with Gasteiger partial charge in [-0.1, -0.05) is 6.92 Å². The van der Waals surface area contributed by atoms with Crippen LogP contribution in [0.4, 0.5) is 9.93 Å². The van der Waals surface area contributed by atoms with Crippen LogP contribution >= 0.6 is 11.3 Å². The molecule has 1 rings (SSSR count). The molecule has 0 atom stereocenters. The highest BCUT2D eigenvalue weighted by atomic mass is 32.1. The van der Waals surface area contributed by atoms with Crippen LogP contribution < -0.4 is 4.90 Å². The number of hydrogen-bond acceptors (Lipinski definition) is 7. The Morgan fingerprint density at radius 3 is 2.50 bits per heavy atom. The number of aromatic nitrogens is 1. The van der Waals surface area contributed by atoms with Gasteiger partial charge in [-0.15, -0.1) is 11.3 Å². The molecule has 0 aromatic carbocycles. The number of ketones is 1. The highest BCUT2D eigenvalue weighted by Crippen LogP contribution is 2.23. The molecule has 0 radical (unpaired) electrons. The molecule has 0 aliphatic heterocycles. The van der Waals surface area contributed by atoms with Crippen molar-refractivity contribution >= 4 is 34.3 Å². The van der Waals surface area contributed by atoms with Gasteiger partial charge in [0.15, 0.2) is 5.13 Å². The number of anilines is 1. The molecular formula is C14H20N2O5S. The first-order valence-electron chi connectivity index (χ1n) is 6.85. The van der Waals surface area contributed by atoms with Gasteiger partial charge in [0.25, 0.3) is 5.78 Å². The second-order valence-electron chi connectivity index (χ2n) is 5.11. The summed E-state index contributed by atoms with van der Waals surface area (Å²) in [4.78, 5) is 40.3. The van der Waals surface area contributed by atoms with E-state index in [0.717, 1.165) is 11.3 Å². The number of esters is 1. The van der Waals surface area contributed by atoms with Crippen molar-refractivity contribution in [2.24, 2.45) is 0 Å². The lowest BCUT2D eigenvalue weighted by atomic mass is 10.1. The Balaban J connectivity index is 2.81. The first-order valence-corrected chi connectivity index (χ1v) is 7.73. The van der Waals surface area contributed by atoms with E-state index < -0.39 is 23.4 Å². The normalized spacial score (nSPS) is 11.0. The van der Waals surface area contributed by atoms with Crippen LogP contribution in [0.15, 0.2) is 5.38 Å². The molecule has 1 heterocycles. The second kappa shape index (κ2) is 7.35. The highest BCUT2D eigenvalue weighted by molar-refractivity contribution is 7.14. The van der Waals surface area contributed by atoms with E-state index in [1.165, 1.54) is 17.3 Å². The quantitative estimate of drug-likeness (QED) is 0.453. The van der Waals surface area contributed by atoms with Crippen molar-refractivity contribution in [1.82, 2.24) is 4.98 Å². The number of amides is 1. The molecule has 0 fully saturated rings. The third-order valence-electron chi connectivity index (χ3n) is 2.96. The monoisotopic (exact) mass is 328 g/mol. The van der Waals surface area contributed by atoms with Gasteiger partial charge in [-0.2, -0.15) is 0 Å². The largest absolute Gasteiger partial charge is 0.460 e. The molecule has 22 heavy (non-hydrogen) atoms. The summed E-state index contributed by atoms with van der Waals surface area (Å²) in [6.07, 6.45) is 0.0909. The topological polar surface area (TPSA) is 85.8 Å². The summed E-state index contributed by atoms with van der Waals surface area (Å²) in [6, 6.07) is 0. The third kappa shape index (κ3) is 4.52. The Hall–Kier alpha value is -1.96. The van der Waals surface area contributed by atoms with Crippen molar-refractivity contribution in [1.29, 1.82) is 0 Å². The molecule has 0 bridgehead atoms. The standard InChI is InChI=1S/C14H20N2O5S/c1-6-14(3,4)21-13(19)16(5)12-15-9(8-22-12)10(17)11(18)20-7-2/h8H,6-7H2,1-5H3. The number of hydrogen-bond donors (Lipinski definition) is 0. The van der Waals surface area contributed by atoms with Gasteiger partial charge in [-0.3, -0.25) is 9.69 Å². The number of rotatable bonds is 6. The molecule has 0 aliphatic rings. The van der Waals surface area contributed by atoms with E-state index in [4.69, 9.17) is 4.74 Å². The van der Waals surface area contributed by atoms with E-state index in [1.54, 1.807) is 20.8 Å². The van der Waals surface area contributed by atoms with Crippen molar-refractivity contribution in [3.05, 3.63) is 11.1 Å². The molecule has 1 amide bonds. The summed E-state index contributed by atoms with van der Waals surface area (Å²) >= 11 is 1.07. The van der Waals surface area contributed by atoms with Crippen LogP contribution in [-0.4, -0.2) is 42.1 Å². The van der Waals surface area contributed by atoms with Crippen molar-refractivity contribution in [2.45, 2.75) is 39.7 Å². The van der Waals surface area contributed by atoms with Gasteiger partial charge < -0.3 is 9.47 Å². The fraction of sp³-hybridized carbons (Fsp3) is 0.571. The van der Waals surface area contributed by atoms with Gasteiger partial charge in [0.1, 0.15) is 11.3 Å². The summed E-state index contributed by atoms with van der Waals surface area (Å²) in [6.45, 7) is 7.23. The predicted molar refractivity (Wildman–Crippen MR) is 82.3 cm³/mol. The zero-order chi connectivity index (χ0) is 16.9. The van der Waals surface area contributed by atoms with E-state index in [1.807, 2.05) is 6.92 Å². The van der Waals surface area contributed by atoms with Crippen molar-refractivity contribution in [3.63, 3.8) is 0 Å². The number of ether oxygens (including phenoxy) is 2. The van der Waals surface area contributed by atoms with Crippen LogP contribution in [0.5, 0.6) is 0 Å². The number of carbonyl (C=O) groups excluding carboxylic acids is 3. The maximum absolute atomic E-state index is 12.0. The van der Waals surface area contributed by atoms with E-state index in [9.17, 15) is 14.4 Å².